The maximum Gasteiger partial charge on any atom is 0.410 e. The number of piperidine rings is 1. The van der Waals surface area contributed by atoms with Crippen molar-refractivity contribution in [1.82, 2.24) is 25.1 Å². The predicted molar refractivity (Wildman–Crippen MR) is 171 cm³/mol. The van der Waals surface area contributed by atoms with Crippen molar-refractivity contribution in [3.05, 3.63) is 70.1 Å². The zero-order valence-corrected chi connectivity index (χ0v) is 25.7. The summed E-state index contributed by atoms with van der Waals surface area (Å²) in [5, 5.41) is 8.08. The van der Waals surface area contributed by atoms with Crippen LogP contribution in [-0.4, -0.2) is 64.4 Å². The van der Waals surface area contributed by atoms with E-state index in [1.807, 2.05) is 55.6 Å². The number of carbonyl (C=O) groups is 1. The average Bonchev–Trinajstić information content (AvgIpc) is 3.29. The molecule has 4 aromatic rings. The topological polar surface area (TPSA) is 116 Å². The number of nitrogens with one attached hydrogen (secondary N) is 2. The minimum atomic E-state index is -0.300. The number of aromatic nitrogens is 4. The van der Waals surface area contributed by atoms with Crippen molar-refractivity contribution in [2.45, 2.75) is 70.4 Å². The molecule has 1 aliphatic heterocycles. The van der Waals surface area contributed by atoms with Crippen LogP contribution in [0.1, 0.15) is 62.6 Å². The van der Waals surface area contributed by atoms with Crippen molar-refractivity contribution in [3.63, 3.8) is 0 Å². The minimum Gasteiger partial charge on any atom is -0.496 e. The van der Waals surface area contributed by atoms with Gasteiger partial charge in [-0.05, 0) is 42.9 Å². The molecule has 0 spiro atoms. The van der Waals surface area contributed by atoms with Crippen LogP contribution in [0.25, 0.3) is 22.4 Å². The molecule has 1 amide bonds. The monoisotopic (exact) mass is 598 g/mol. The van der Waals surface area contributed by atoms with Gasteiger partial charge in [-0.2, -0.15) is 5.10 Å². The number of hydrogen-bond acceptors (Lipinski definition) is 7. The van der Waals surface area contributed by atoms with Crippen LogP contribution in [-0.2, 0) is 17.8 Å². The number of fused-ring (bicyclic) bond motifs is 1. The van der Waals surface area contributed by atoms with Gasteiger partial charge in [0.05, 0.1) is 18.4 Å². The number of rotatable bonds is 8. The molecular formula is C34H42N6O4. The summed E-state index contributed by atoms with van der Waals surface area (Å²) in [6, 6.07) is 15.8. The largest absolute Gasteiger partial charge is 0.496 e. The van der Waals surface area contributed by atoms with E-state index in [9.17, 15) is 9.59 Å². The lowest BCUT2D eigenvalue weighted by Gasteiger charge is -2.37. The van der Waals surface area contributed by atoms with Crippen molar-refractivity contribution in [1.29, 1.82) is 0 Å². The summed E-state index contributed by atoms with van der Waals surface area (Å²) in [6.45, 7) is 1.86. The third kappa shape index (κ3) is 6.59. The molecular weight excluding hydrogens is 556 g/mol. The van der Waals surface area contributed by atoms with Gasteiger partial charge in [0, 0.05) is 37.9 Å². The first kappa shape index (κ1) is 29.7. The maximum absolute atomic E-state index is 13.3. The molecule has 1 saturated heterocycles. The number of anilines is 1. The van der Waals surface area contributed by atoms with Crippen LogP contribution in [0.3, 0.4) is 0 Å². The molecule has 44 heavy (non-hydrogen) atoms. The Morgan fingerprint density at radius 1 is 1.02 bits per heavy atom. The molecule has 0 radical (unpaired) electrons. The fraction of sp³-hybridized carbons (Fsp3) is 0.471. The fourth-order valence-electron chi connectivity index (χ4n) is 6.67. The summed E-state index contributed by atoms with van der Waals surface area (Å²) in [7, 11) is 3.44. The zero-order chi connectivity index (χ0) is 30.5. The fourth-order valence-corrected chi connectivity index (χ4v) is 6.67. The number of H-pyrrole nitrogens is 2. The highest BCUT2D eigenvalue weighted by atomic mass is 16.6. The van der Waals surface area contributed by atoms with Crippen molar-refractivity contribution in [3.8, 4) is 17.1 Å². The van der Waals surface area contributed by atoms with E-state index >= 15 is 0 Å². The predicted octanol–water partition coefficient (Wildman–Crippen LogP) is 6.07. The van der Waals surface area contributed by atoms with Gasteiger partial charge < -0.3 is 24.3 Å². The third-order valence-electron chi connectivity index (χ3n) is 9.27. The average molecular weight is 599 g/mol. The van der Waals surface area contributed by atoms with Crippen LogP contribution < -0.4 is 15.2 Å². The summed E-state index contributed by atoms with van der Waals surface area (Å²) in [4.78, 5) is 37.7. The maximum atomic E-state index is 13.3. The Balaban J connectivity index is 1.11. The number of amides is 1. The lowest BCUT2D eigenvalue weighted by atomic mass is 9.94. The zero-order valence-electron chi connectivity index (χ0n) is 25.7. The molecule has 3 heterocycles. The van der Waals surface area contributed by atoms with E-state index < -0.39 is 0 Å². The lowest BCUT2D eigenvalue weighted by molar-refractivity contribution is 0.0862. The molecule has 6 rings (SSSR count). The van der Waals surface area contributed by atoms with E-state index in [2.05, 4.69) is 20.1 Å². The van der Waals surface area contributed by atoms with E-state index in [1.54, 1.807) is 12.0 Å². The van der Waals surface area contributed by atoms with Gasteiger partial charge in [-0.25, -0.2) is 9.78 Å². The Hall–Kier alpha value is -4.34. The molecule has 2 aromatic heterocycles. The Morgan fingerprint density at radius 3 is 2.50 bits per heavy atom. The first-order chi connectivity index (χ1) is 21.5. The summed E-state index contributed by atoms with van der Waals surface area (Å²) < 4.78 is 11.3. The van der Waals surface area contributed by atoms with E-state index in [1.165, 1.54) is 38.5 Å². The van der Waals surface area contributed by atoms with Crippen LogP contribution in [0.2, 0.25) is 0 Å². The number of aromatic amines is 2. The number of ether oxygens (including phenoxy) is 2. The lowest BCUT2D eigenvalue weighted by Crippen LogP contribution is -2.45. The number of methoxy groups -OCH3 is 1. The first-order valence-corrected chi connectivity index (χ1v) is 15.8. The van der Waals surface area contributed by atoms with Gasteiger partial charge in [0.25, 0.3) is 5.56 Å². The van der Waals surface area contributed by atoms with Gasteiger partial charge >= 0.3 is 6.09 Å². The van der Waals surface area contributed by atoms with Gasteiger partial charge in [-0.15, -0.1) is 0 Å². The molecule has 1 aliphatic carbocycles. The summed E-state index contributed by atoms with van der Waals surface area (Å²) in [5.41, 5.74) is 3.85. The van der Waals surface area contributed by atoms with E-state index in [-0.39, 0.29) is 24.3 Å². The summed E-state index contributed by atoms with van der Waals surface area (Å²) >= 11 is 0. The standard InChI is InChI=1S/C34H42N6O4/c1-39(34(42)44-22-24-12-8-5-9-13-24)25-16-18-40(19-17-25)26-14-15-27(29(21-26)43-2)31-35-32-30(33(41)36-31)28(37-38-32)20-23-10-6-3-4-7-11-23/h5,8-9,12-15,21,23,25H,3-4,6-7,10-11,16-20,22H2,1-2H3,(H2,35,36,37,38,41). The third-order valence-corrected chi connectivity index (χ3v) is 9.27. The van der Waals surface area contributed by atoms with Crippen LogP contribution in [0.4, 0.5) is 10.5 Å². The number of benzene rings is 2. The van der Waals surface area contributed by atoms with Gasteiger partial charge in [0.1, 0.15) is 23.6 Å². The first-order valence-electron chi connectivity index (χ1n) is 15.8. The SMILES string of the molecule is COc1cc(N2CCC(N(C)C(=O)OCc3ccccc3)CC2)ccc1-c1nc2[nH]nc(CC3CCCCCC3)c2c(=O)[nH]1. The summed E-state index contributed by atoms with van der Waals surface area (Å²) in [5.74, 6) is 1.64. The molecule has 10 heteroatoms. The molecule has 232 valence electrons. The molecule has 2 aliphatic rings. The van der Waals surface area contributed by atoms with Crippen LogP contribution in [0.5, 0.6) is 5.75 Å². The second kappa shape index (κ2) is 13.5. The second-order valence-electron chi connectivity index (χ2n) is 12.1. The molecule has 10 nitrogen and oxygen atoms in total. The Kier molecular flexibility index (Phi) is 9.14. The van der Waals surface area contributed by atoms with Crippen molar-refractivity contribution in [2.75, 3.05) is 32.1 Å². The van der Waals surface area contributed by atoms with Crippen LogP contribution in [0, 0.1) is 5.92 Å². The van der Waals surface area contributed by atoms with Gasteiger partial charge in [-0.3, -0.25) is 9.89 Å². The minimum absolute atomic E-state index is 0.110. The molecule has 0 atom stereocenters. The number of nitrogens with zero attached hydrogens (tertiary/aromatic N) is 4. The Labute approximate surface area is 257 Å². The van der Waals surface area contributed by atoms with E-state index in [0.717, 1.165) is 49.3 Å². The highest BCUT2D eigenvalue weighted by molar-refractivity contribution is 5.80. The van der Waals surface area contributed by atoms with Gasteiger partial charge in [-0.1, -0.05) is 68.9 Å². The highest BCUT2D eigenvalue weighted by Gasteiger charge is 2.27. The quantitative estimate of drug-likeness (QED) is 0.236. The normalized spacial score (nSPS) is 16.5. The molecule has 2 aromatic carbocycles. The van der Waals surface area contributed by atoms with Crippen molar-refractivity contribution >= 4 is 22.8 Å². The smallest absolute Gasteiger partial charge is 0.410 e. The molecule has 2 N–H and O–H groups in total. The second-order valence-corrected chi connectivity index (χ2v) is 12.1. The van der Waals surface area contributed by atoms with E-state index in [4.69, 9.17) is 14.5 Å². The molecule has 0 bridgehead atoms. The van der Waals surface area contributed by atoms with Crippen molar-refractivity contribution < 1.29 is 14.3 Å². The Morgan fingerprint density at radius 2 is 1.77 bits per heavy atom. The van der Waals surface area contributed by atoms with Gasteiger partial charge in [0.15, 0.2) is 5.65 Å². The van der Waals surface area contributed by atoms with Crippen molar-refractivity contribution in [2.24, 2.45) is 5.92 Å². The molecule has 0 unspecified atom stereocenters. The van der Waals surface area contributed by atoms with E-state index in [0.29, 0.717) is 34.1 Å². The molecule has 2 fully saturated rings. The molecule has 1 saturated carbocycles. The van der Waals surface area contributed by atoms with Crippen LogP contribution in [0.15, 0.2) is 53.3 Å². The number of carbonyl (C=O) groups excluding carboxylic acids is 1. The number of hydrogen-bond donors (Lipinski definition) is 2. The highest BCUT2D eigenvalue weighted by Crippen LogP contribution is 2.34. The Bertz CT molecular complexity index is 1620. The summed E-state index contributed by atoms with van der Waals surface area (Å²) in [6.07, 6.45) is 9.64. The van der Waals surface area contributed by atoms with Crippen LogP contribution >= 0.6 is 0 Å². The van der Waals surface area contributed by atoms with Gasteiger partial charge in [0.2, 0.25) is 0 Å².